The molecule has 0 saturated carbocycles. The number of carbonyl (C=O) groups is 1. The number of amides is 1. The number of nitrogens with zero attached hydrogens (tertiary/aromatic N) is 1. The molecule has 6 nitrogen and oxygen atoms in total. The maximum absolute atomic E-state index is 11.9. The summed E-state index contributed by atoms with van der Waals surface area (Å²) in [7, 11) is 1.62. The molecule has 6 heteroatoms. The van der Waals surface area contributed by atoms with Crippen molar-refractivity contribution in [2.45, 2.75) is 19.4 Å². The lowest BCUT2D eigenvalue weighted by atomic mass is 10.2. The predicted octanol–water partition coefficient (Wildman–Crippen LogP) is 2.31. The lowest BCUT2D eigenvalue weighted by Crippen LogP contribution is -2.28. The number of aromatic nitrogens is 2. The molecular weight excluding hydrogens is 294 g/mol. The number of carbonyl (C=O) groups excluding carboxylic acids is 1. The number of hydrogen-bond acceptors (Lipinski definition) is 4. The van der Waals surface area contributed by atoms with Crippen molar-refractivity contribution in [1.82, 2.24) is 15.3 Å². The number of imidazole rings is 1. The van der Waals surface area contributed by atoms with Crippen molar-refractivity contribution in [3.05, 3.63) is 42.4 Å². The molecule has 1 heterocycles. The molecule has 124 valence electrons. The average Bonchev–Trinajstić information content (AvgIpc) is 3.05. The minimum atomic E-state index is -0.182. The number of methoxy groups -OCH3 is 1. The van der Waals surface area contributed by atoms with E-state index in [1.165, 1.54) is 0 Å². The summed E-state index contributed by atoms with van der Waals surface area (Å²) in [6.45, 7) is 3.32. The number of nitrogens with one attached hydrogen (secondary N) is 2. The van der Waals surface area contributed by atoms with Crippen LogP contribution in [0.3, 0.4) is 0 Å². The number of benzene rings is 1. The highest BCUT2D eigenvalue weighted by atomic mass is 16.5. The maximum atomic E-state index is 11.9. The van der Waals surface area contributed by atoms with Gasteiger partial charge in [0.1, 0.15) is 5.82 Å². The minimum Gasteiger partial charge on any atom is -0.382 e. The Morgan fingerprint density at radius 2 is 2.04 bits per heavy atom. The van der Waals surface area contributed by atoms with Gasteiger partial charge in [0.25, 0.3) is 0 Å². The van der Waals surface area contributed by atoms with Crippen LogP contribution >= 0.6 is 0 Å². The summed E-state index contributed by atoms with van der Waals surface area (Å²) in [5.74, 6) is 0.671. The van der Waals surface area contributed by atoms with E-state index in [1.807, 2.05) is 37.3 Å². The average molecular weight is 317 g/mol. The molecule has 0 spiro atoms. The third-order valence-corrected chi connectivity index (χ3v) is 3.37. The van der Waals surface area contributed by atoms with Crippen LogP contribution in [0.25, 0.3) is 11.3 Å². The third kappa shape index (κ3) is 5.50. The zero-order valence-corrected chi connectivity index (χ0v) is 13.5. The van der Waals surface area contributed by atoms with E-state index in [1.54, 1.807) is 13.3 Å². The van der Waals surface area contributed by atoms with Crippen molar-refractivity contribution in [2.24, 2.45) is 0 Å². The molecule has 1 unspecified atom stereocenters. The Morgan fingerprint density at radius 3 is 2.78 bits per heavy atom. The Kier molecular flexibility index (Phi) is 6.77. The molecule has 0 aliphatic carbocycles. The standard InChI is InChI=1S/C17H23N3O3/c1-13(19-16(21)8-9-23-11-10-22-2)17-18-12-15(20-17)14-6-4-3-5-7-14/h3-7,12-13H,8-11H2,1-2H3,(H,18,20)(H,19,21). The molecule has 0 aliphatic rings. The molecule has 1 amide bonds. The highest BCUT2D eigenvalue weighted by Gasteiger charge is 2.13. The molecule has 1 aromatic carbocycles. The maximum Gasteiger partial charge on any atom is 0.222 e. The smallest absolute Gasteiger partial charge is 0.222 e. The summed E-state index contributed by atoms with van der Waals surface area (Å²) in [4.78, 5) is 19.5. The van der Waals surface area contributed by atoms with Gasteiger partial charge in [-0.05, 0) is 12.5 Å². The van der Waals surface area contributed by atoms with E-state index in [9.17, 15) is 4.79 Å². The van der Waals surface area contributed by atoms with Crippen LogP contribution < -0.4 is 5.32 Å². The zero-order chi connectivity index (χ0) is 16.5. The summed E-state index contributed by atoms with van der Waals surface area (Å²) in [6.07, 6.45) is 2.10. The van der Waals surface area contributed by atoms with E-state index in [0.717, 1.165) is 17.1 Å². The first-order valence-electron chi connectivity index (χ1n) is 7.67. The highest BCUT2D eigenvalue weighted by Crippen LogP contribution is 2.18. The van der Waals surface area contributed by atoms with Gasteiger partial charge in [-0.25, -0.2) is 4.98 Å². The number of aromatic amines is 1. The molecule has 1 atom stereocenters. The van der Waals surface area contributed by atoms with Crippen LogP contribution in [-0.4, -0.2) is 42.8 Å². The van der Waals surface area contributed by atoms with Crippen LogP contribution in [0.1, 0.15) is 25.2 Å². The fraction of sp³-hybridized carbons (Fsp3) is 0.412. The van der Waals surface area contributed by atoms with Crippen LogP contribution in [0.4, 0.5) is 0 Å². The summed E-state index contributed by atoms with van der Waals surface area (Å²) in [6, 6.07) is 9.77. The Balaban J connectivity index is 1.80. The Labute approximate surface area is 136 Å². The van der Waals surface area contributed by atoms with Crippen LogP contribution in [0, 0.1) is 0 Å². The Hall–Kier alpha value is -2.18. The van der Waals surface area contributed by atoms with Crippen LogP contribution in [0.15, 0.2) is 36.5 Å². The van der Waals surface area contributed by atoms with Crippen molar-refractivity contribution in [3.8, 4) is 11.3 Å². The fourth-order valence-corrected chi connectivity index (χ4v) is 2.11. The van der Waals surface area contributed by atoms with Gasteiger partial charge in [0.05, 0.1) is 37.8 Å². The summed E-state index contributed by atoms with van der Waals surface area (Å²) >= 11 is 0. The van der Waals surface area contributed by atoms with Gasteiger partial charge in [-0.3, -0.25) is 4.79 Å². The van der Waals surface area contributed by atoms with E-state index >= 15 is 0 Å². The van der Waals surface area contributed by atoms with Crippen molar-refractivity contribution in [3.63, 3.8) is 0 Å². The van der Waals surface area contributed by atoms with Gasteiger partial charge in [0, 0.05) is 13.5 Å². The van der Waals surface area contributed by atoms with E-state index in [0.29, 0.717) is 26.2 Å². The minimum absolute atomic E-state index is 0.0624. The van der Waals surface area contributed by atoms with Crippen LogP contribution in [0.2, 0.25) is 0 Å². The van der Waals surface area contributed by atoms with Gasteiger partial charge in [0.2, 0.25) is 5.91 Å². The molecular formula is C17H23N3O3. The quantitative estimate of drug-likeness (QED) is 0.696. The number of H-pyrrole nitrogens is 1. The second kappa shape index (κ2) is 9.07. The molecule has 0 radical (unpaired) electrons. The van der Waals surface area contributed by atoms with Crippen molar-refractivity contribution >= 4 is 5.91 Å². The SMILES string of the molecule is COCCOCCC(=O)NC(C)c1ncc(-c2ccccc2)[nH]1. The van der Waals surface area contributed by atoms with Gasteiger partial charge in [-0.1, -0.05) is 30.3 Å². The first-order valence-corrected chi connectivity index (χ1v) is 7.67. The van der Waals surface area contributed by atoms with Gasteiger partial charge < -0.3 is 19.8 Å². The topological polar surface area (TPSA) is 76.2 Å². The van der Waals surface area contributed by atoms with Crippen molar-refractivity contribution in [1.29, 1.82) is 0 Å². The molecule has 2 N–H and O–H groups in total. The van der Waals surface area contributed by atoms with E-state index in [4.69, 9.17) is 9.47 Å². The lowest BCUT2D eigenvalue weighted by Gasteiger charge is -2.11. The van der Waals surface area contributed by atoms with E-state index < -0.39 is 0 Å². The summed E-state index contributed by atoms with van der Waals surface area (Å²) in [5, 5.41) is 2.91. The molecule has 0 fully saturated rings. The van der Waals surface area contributed by atoms with Crippen molar-refractivity contribution in [2.75, 3.05) is 26.9 Å². The monoisotopic (exact) mass is 317 g/mol. The normalized spacial score (nSPS) is 12.1. The number of hydrogen-bond donors (Lipinski definition) is 2. The first kappa shape index (κ1) is 17.2. The zero-order valence-electron chi connectivity index (χ0n) is 13.5. The van der Waals surface area contributed by atoms with Crippen molar-refractivity contribution < 1.29 is 14.3 Å². The molecule has 2 aromatic rings. The Morgan fingerprint density at radius 1 is 1.26 bits per heavy atom. The van der Waals surface area contributed by atoms with E-state index in [2.05, 4.69) is 15.3 Å². The second-order valence-corrected chi connectivity index (χ2v) is 5.19. The summed E-state index contributed by atoms with van der Waals surface area (Å²) < 4.78 is 10.2. The first-order chi connectivity index (χ1) is 11.2. The van der Waals surface area contributed by atoms with E-state index in [-0.39, 0.29) is 11.9 Å². The molecule has 0 bridgehead atoms. The lowest BCUT2D eigenvalue weighted by molar-refractivity contribution is -0.123. The predicted molar refractivity (Wildman–Crippen MR) is 87.9 cm³/mol. The van der Waals surface area contributed by atoms with Crippen LogP contribution in [0.5, 0.6) is 0 Å². The molecule has 1 aromatic heterocycles. The molecule has 23 heavy (non-hydrogen) atoms. The largest absolute Gasteiger partial charge is 0.382 e. The second-order valence-electron chi connectivity index (χ2n) is 5.19. The van der Waals surface area contributed by atoms with Gasteiger partial charge in [-0.2, -0.15) is 0 Å². The third-order valence-electron chi connectivity index (χ3n) is 3.37. The fourth-order valence-electron chi connectivity index (χ4n) is 2.11. The molecule has 0 saturated heterocycles. The van der Waals surface area contributed by atoms with Gasteiger partial charge in [-0.15, -0.1) is 0 Å². The molecule has 0 aliphatic heterocycles. The number of ether oxygens (including phenoxy) is 2. The Bertz CT molecular complexity index is 598. The molecule has 2 rings (SSSR count). The van der Waals surface area contributed by atoms with Gasteiger partial charge in [0.15, 0.2) is 0 Å². The van der Waals surface area contributed by atoms with Gasteiger partial charge >= 0.3 is 0 Å². The number of rotatable bonds is 9. The summed E-state index contributed by atoms with van der Waals surface area (Å²) in [5.41, 5.74) is 2.00. The highest BCUT2D eigenvalue weighted by molar-refractivity contribution is 5.76. The van der Waals surface area contributed by atoms with Crippen LogP contribution in [-0.2, 0) is 14.3 Å².